The smallest absolute Gasteiger partial charge is 0.126 e. The average molecular weight is 232 g/mol. The van der Waals surface area contributed by atoms with Gasteiger partial charge in [0.05, 0.1) is 0 Å². The Labute approximate surface area is 104 Å². The molecular weight excluding hydrogens is 212 g/mol. The van der Waals surface area contributed by atoms with Gasteiger partial charge in [0, 0.05) is 0 Å². The molecule has 0 N–H and O–H groups in total. The Hall–Kier alpha value is -1.70. The molecule has 0 aliphatic rings. The van der Waals surface area contributed by atoms with Crippen LogP contribution in [-0.4, -0.2) is 13.2 Å². The summed E-state index contributed by atoms with van der Waals surface area (Å²) in [6.45, 7) is 14.4. The van der Waals surface area contributed by atoms with Gasteiger partial charge in [-0.25, -0.2) is 0 Å². The minimum absolute atomic E-state index is 0.520. The van der Waals surface area contributed by atoms with Gasteiger partial charge in [0.15, 0.2) is 0 Å². The first-order valence-electron chi connectivity index (χ1n) is 5.70. The van der Waals surface area contributed by atoms with Gasteiger partial charge in [-0.3, -0.25) is 0 Å². The molecule has 1 rings (SSSR count). The van der Waals surface area contributed by atoms with Crippen LogP contribution in [0.3, 0.4) is 0 Å². The van der Waals surface area contributed by atoms with Crippen molar-refractivity contribution in [2.24, 2.45) is 0 Å². The van der Waals surface area contributed by atoms with Crippen molar-refractivity contribution in [2.45, 2.75) is 20.8 Å². The average Bonchev–Trinajstić information content (AvgIpc) is 2.32. The summed E-state index contributed by atoms with van der Waals surface area (Å²) in [7, 11) is 0. The van der Waals surface area contributed by atoms with Crippen molar-refractivity contribution in [3.8, 4) is 11.5 Å². The SMILES string of the molecule is C=CCOc1cc(C)c(OCC=C)c(C)c1C. The molecule has 0 bridgehead atoms. The number of ether oxygens (including phenoxy) is 2. The van der Waals surface area contributed by atoms with E-state index in [1.807, 2.05) is 26.8 Å². The largest absolute Gasteiger partial charge is 0.489 e. The maximum atomic E-state index is 5.66. The lowest BCUT2D eigenvalue weighted by Gasteiger charge is -2.16. The topological polar surface area (TPSA) is 18.5 Å². The van der Waals surface area contributed by atoms with Crippen molar-refractivity contribution in [3.05, 3.63) is 48.1 Å². The van der Waals surface area contributed by atoms with E-state index in [1.165, 1.54) is 0 Å². The first-order valence-corrected chi connectivity index (χ1v) is 5.70. The molecule has 0 fully saturated rings. The summed E-state index contributed by atoms with van der Waals surface area (Å²) in [6.07, 6.45) is 3.49. The molecular formula is C15H20O2. The second kappa shape index (κ2) is 6.14. The predicted octanol–water partition coefficient (Wildman–Crippen LogP) is 3.74. The highest BCUT2D eigenvalue weighted by atomic mass is 16.5. The van der Waals surface area contributed by atoms with E-state index in [0.29, 0.717) is 13.2 Å². The van der Waals surface area contributed by atoms with E-state index < -0.39 is 0 Å². The Balaban J connectivity index is 3.07. The zero-order valence-corrected chi connectivity index (χ0v) is 10.9. The zero-order valence-electron chi connectivity index (χ0n) is 10.9. The Morgan fingerprint density at radius 2 is 1.59 bits per heavy atom. The molecule has 0 saturated heterocycles. The normalized spacial score (nSPS) is 9.82. The van der Waals surface area contributed by atoms with E-state index in [9.17, 15) is 0 Å². The third kappa shape index (κ3) is 3.13. The number of hydrogen-bond donors (Lipinski definition) is 0. The van der Waals surface area contributed by atoms with E-state index in [-0.39, 0.29) is 0 Å². The summed E-state index contributed by atoms with van der Waals surface area (Å²) in [5.41, 5.74) is 3.30. The molecule has 0 heterocycles. The minimum atomic E-state index is 0.520. The first kappa shape index (κ1) is 13.4. The third-order valence-corrected chi connectivity index (χ3v) is 2.68. The van der Waals surface area contributed by atoms with E-state index >= 15 is 0 Å². The van der Waals surface area contributed by atoms with Crippen LogP contribution < -0.4 is 9.47 Å². The van der Waals surface area contributed by atoms with Crippen molar-refractivity contribution in [3.63, 3.8) is 0 Å². The van der Waals surface area contributed by atoms with Crippen LogP contribution >= 0.6 is 0 Å². The van der Waals surface area contributed by atoms with Gasteiger partial charge in [-0.05, 0) is 43.5 Å². The second-order valence-electron chi connectivity index (χ2n) is 3.97. The van der Waals surface area contributed by atoms with Gasteiger partial charge in [0.1, 0.15) is 24.7 Å². The van der Waals surface area contributed by atoms with Gasteiger partial charge in [-0.15, -0.1) is 0 Å². The standard InChI is InChI=1S/C15H20O2/c1-6-8-16-14-10-11(3)15(17-9-7-2)13(5)12(14)4/h6-7,10H,1-2,8-9H2,3-5H3. The van der Waals surface area contributed by atoms with Crippen molar-refractivity contribution in [1.82, 2.24) is 0 Å². The van der Waals surface area contributed by atoms with Gasteiger partial charge in [-0.2, -0.15) is 0 Å². The van der Waals surface area contributed by atoms with Gasteiger partial charge >= 0.3 is 0 Å². The highest BCUT2D eigenvalue weighted by Gasteiger charge is 2.11. The quantitative estimate of drug-likeness (QED) is 0.696. The summed E-state index contributed by atoms with van der Waals surface area (Å²) in [5, 5.41) is 0. The molecule has 1 aromatic rings. The number of aryl methyl sites for hydroxylation is 1. The molecule has 92 valence electrons. The number of benzene rings is 1. The molecule has 2 heteroatoms. The molecule has 17 heavy (non-hydrogen) atoms. The van der Waals surface area contributed by atoms with Gasteiger partial charge in [-0.1, -0.05) is 25.3 Å². The Morgan fingerprint density at radius 3 is 2.18 bits per heavy atom. The van der Waals surface area contributed by atoms with E-state index in [2.05, 4.69) is 13.2 Å². The Morgan fingerprint density at radius 1 is 1.00 bits per heavy atom. The van der Waals surface area contributed by atoms with E-state index in [4.69, 9.17) is 9.47 Å². The van der Waals surface area contributed by atoms with Crippen molar-refractivity contribution in [2.75, 3.05) is 13.2 Å². The zero-order chi connectivity index (χ0) is 12.8. The predicted molar refractivity (Wildman–Crippen MR) is 72.0 cm³/mol. The molecule has 0 aliphatic heterocycles. The lowest BCUT2D eigenvalue weighted by molar-refractivity contribution is 0.346. The summed E-state index contributed by atoms with van der Waals surface area (Å²) in [5.74, 6) is 1.82. The van der Waals surface area contributed by atoms with Gasteiger partial charge in [0.25, 0.3) is 0 Å². The maximum absolute atomic E-state index is 5.66. The van der Waals surface area contributed by atoms with Crippen LogP contribution in [0.25, 0.3) is 0 Å². The fourth-order valence-electron chi connectivity index (χ4n) is 1.68. The molecule has 0 aliphatic carbocycles. The molecule has 1 aromatic carbocycles. The van der Waals surface area contributed by atoms with Crippen LogP contribution in [0, 0.1) is 20.8 Å². The van der Waals surface area contributed by atoms with E-state index in [0.717, 1.165) is 28.2 Å². The Kier molecular flexibility index (Phi) is 4.83. The minimum Gasteiger partial charge on any atom is -0.489 e. The third-order valence-electron chi connectivity index (χ3n) is 2.68. The lowest BCUT2D eigenvalue weighted by Crippen LogP contribution is -2.02. The molecule has 0 radical (unpaired) electrons. The molecule has 0 atom stereocenters. The van der Waals surface area contributed by atoms with Gasteiger partial charge < -0.3 is 9.47 Å². The summed E-state index contributed by atoms with van der Waals surface area (Å²) in [6, 6.07) is 2.00. The second-order valence-corrected chi connectivity index (χ2v) is 3.97. The molecule has 0 unspecified atom stereocenters. The van der Waals surface area contributed by atoms with E-state index in [1.54, 1.807) is 12.2 Å². The van der Waals surface area contributed by atoms with Gasteiger partial charge in [0.2, 0.25) is 0 Å². The number of rotatable bonds is 6. The van der Waals surface area contributed by atoms with Crippen molar-refractivity contribution in [1.29, 1.82) is 0 Å². The van der Waals surface area contributed by atoms with Crippen LogP contribution in [0.15, 0.2) is 31.4 Å². The molecule has 0 amide bonds. The summed E-state index contributed by atoms with van der Waals surface area (Å²) >= 11 is 0. The Bertz CT molecular complexity index is 419. The highest BCUT2D eigenvalue weighted by Crippen LogP contribution is 2.33. The summed E-state index contributed by atoms with van der Waals surface area (Å²) < 4.78 is 11.3. The fourth-order valence-corrected chi connectivity index (χ4v) is 1.68. The molecule has 0 aromatic heterocycles. The van der Waals surface area contributed by atoms with Crippen LogP contribution in [0.1, 0.15) is 16.7 Å². The molecule has 0 saturated carbocycles. The van der Waals surface area contributed by atoms with Crippen LogP contribution in [0.4, 0.5) is 0 Å². The van der Waals surface area contributed by atoms with Crippen LogP contribution in [-0.2, 0) is 0 Å². The lowest BCUT2D eigenvalue weighted by atomic mass is 10.0. The van der Waals surface area contributed by atoms with Crippen LogP contribution in [0.2, 0.25) is 0 Å². The van der Waals surface area contributed by atoms with Crippen LogP contribution in [0.5, 0.6) is 11.5 Å². The fraction of sp³-hybridized carbons (Fsp3) is 0.333. The monoisotopic (exact) mass is 232 g/mol. The highest BCUT2D eigenvalue weighted by molar-refractivity contribution is 5.52. The maximum Gasteiger partial charge on any atom is 0.126 e. The molecule has 2 nitrogen and oxygen atoms in total. The van der Waals surface area contributed by atoms with Crippen molar-refractivity contribution >= 4 is 0 Å². The number of hydrogen-bond acceptors (Lipinski definition) is 2. The first-order chi connectivity index (χ1) is 8.11. The summed E-state index contributed by atoms with van der Waals surface area (Å²) in [4.78, 5) is 0. The molecule has 0 spiro atoms. The van der Waals surface area contributed by atoms with Crippen molar-refractivity contribution < 1.29 is 9.47 Å².